The van der Waals surface area contributed by atoms with Gasteiger partial charge in [-0.1, -0.05) is 5.16 Å². The first kappa shape index (κ1) is 20.5. The molecule has 154 valence electrons. The van der Waals surface area contributed by atoms with Crippen LogP contribution < -0.4 is 10.1 Å². The van der Waals surface area contributed by atoms with E-state index in [2.05, 4.69) is 15.6 Å². The van der Waals surface area contributed by atoms with Crippen LogP contribution >= 0.6 is 0 Å². The van der Waals surface area contributed by atoms with Gasteiger partial charge in [0.2, 0.25) is 0 Å². The number of rotatable bonds is 7. The summed E-state index contributed by atoms with van der Waals surface area (Å²) >= 11 is 0. The maximum absolute atomic E-state index is 13.8. The number of carbonyl (C=O) groups is 1. The normalized spacial score (nSPS) is 12.1. The molecule has 29 heavy (non-hydrogen) atoms. The third-order valence-electron chi connectivity index (χ3n) is 4.39. The fraction of sp³-hybridized carbons (Fsp3) is 0.350. The Labute approximate surface area is 166 Å². The van der Waals surface area contributed by atoms with Crippen LogP contribution in [0, 0.1) is 32.4 Å². The maximum atomic E-state index is 13.8. The summed E-state index contributed by atoms with van der Waals surface area (Å²) in [6.45, 7) is 7.68. The third kappa shape index (κ3) is 4.79. The number of nitrogens with zero attached hydrogens (tertiary/aromatic N) is 3. The summed E-state index contributed by atoms with van der Waals surface area (Å²) < 4.78 is 39.1. The minimum absolute atomic E-state index is 0.0604. The van der Waals surface area contributed by atoms with Gasteiger partial charge >= 0.3 is 0 Å². The molecule has 2 heterocycles. The first-order valence-corrected chi connectivity index (χ1v) is 9.09. The molecule has 0 saturated heterocycles. The monoisotopic (exact) mass is 404 g/mol. The lowest BCUT2D eigenvalue weighted by Crippen LogP contribution is -2.36. The zero-order valence-corrected chi connectivity index (χ0v) is 16.6. The lowest BCUT2D eigenvalue weighted by molar-refractivity contribution is 0.0924. The van der Waals surface area contributed by atoms with E-state index < -0.39 is 17.5 Å². The fourth-order valence-electron chi connectivity index (χ4n) is 2.94. The molecule has 0 fully saturated rings. The smallest absolute Gasteiger partial charge is 0.274 e. The second-order valence-electron chi connectivity index (χ2n) is 6.91. The number of benzene rings is 1. The largest absolute Gasteiger partial charge is 0.486 e. The van der Waals surface area contributed by atoms with Crippen LogP contribution in [0.15, 0.2) is 28.8 Å². The van der Waals surface area contributed by atoms with Crippen molar-refractivity contribution in [1.82, 2.24) is 20.3 Å². The van der Waals surface area contributed by atoms with Crippen molar-refractivity contribution in [3.8, 4) is 5.75 Å². The predicted octanol–water partition coefficient (Wildman–Crippen LogP) is 3.47. The molecule has 1 atom stereocenters. The van der Waals surface area contributed by atoms with Crippen LogP contribution in [-0.2, 0) is 13.2 Å². The number of ether oxygens (including phenoxy) is 1. The molecule has 1 unspecified atom stereocenters. The Bertz CT molecular complexity index is 1030. The van der Waals surface area contributed by atoms with Crippen LogP contribution in [0.1, 0.15) is 40.1 Å². The lowest BCUT2D eigenvalue weighted by Gasteiger charge is -2.15. The van der Waals surface area contributed by atoms with Gasteiger partial charge in [0.25, 0.3) is 5.91 Å². The van der Waals surface area contributed by atoms with E-state index in [1.54, 1.807) is 6.92 Å². The molecule has 0 bridgehead atoms. The van der Waals surface area contributed by atoms with Crippen molar-refractivity contribution in [3.05, 3.63) is 64.3 Å². The molecule has 1 N–H and O–H groups in total. The quantitative estimate of drug-likeness (QED) is 0.652. The van der Waals surface area contributed by atoms with Crippen LogP contribution in [0.25, 0.3) is 0 Å². The highest BCUT2D eigenvalue weighted by Gasteiger charge is 2.22. The molecular weight excluding hydrogens is 382 g/mol. The van der Waals surface area contributed by atoms with Crippen LogP contribution in [0.4, 0.5) is 8.78 Å². The number of carbonyl (C=O) groups excluding carboxylic acids is 1. The van der Waals surface area contributed by atoms with E-state index in [4.69, 9.17) is 9.26 Å². The van der Waals surface area contributed by atoms with E-state index >= 15 is 0 Å². The number of hydrogen-bond donors (Lipinski definition) is 1. The molecule has 0 radical (unpaired) electrons. The van der Waals surface area contributed by atoms with E-state index in [1.165, 1.54) is 6.07 Å². The Morgan fingerprint density at radius 2 is 2.03 bits per heavy atom. The van der Waals surface area contributed by atoms with Gasteiger partial charge < -0.3 is 14.6 Å². The molecule has 2 aromatic heterocycles. The van der Waals surface area contributed by atoms with E-state index in [0.29, 0.717) is 17.9 Å². The number of aryl methyl sites for hydroxylation is 3. The van der Waals surface area contributed by atoms with Gasteiger partial charge in [-0.25, -0.2) is 8.78 Å². The average molecular weight is 404 g/mol. The molecule has 0 aliphatic carbocycles. The summed E-state index contributed by atoms with van der Waals surface area (Å²) in [6, 6.07) is 4.74. The highest BCUT2D eigenvalue weighted by Crippen LogP contribution is 2.21. The summed E-state index contributed by atoms with van der Waals surface area (Å²) in [6.07, 6.45) is 0. The maximum Gasteiger partial charge on any atom is 0.274 e. The highest BCUT2D eigenvalue weighted by molar-refractivity contribution is 5.93. The molecule has 1 amide bonds. The molecular formula is C20H22F2N4O3. The van der Waals surface area contributed by atoms with Crippen LogP contribution in [0.3, 0.4) is 0 Å². The molecule has 9 heteroatoms. The zero-order chi connectivity index (χ0) is 21.1. The predicted molar refractivity (Wildman–Crippen MR) is 101 cm³/mol. The summed E-state index contributed by atoms with van der Waals surface area (Å²) in [7, 11) is 0. The van der Waals surface area contributed by atoms with E-state index in [0.717, 1.165) is 23.5 Å². The van der Waals surface area contributed by atoms with E-state index in [1.807, 2.05) is 31.5 Å². The second kappa shape index (κ2) is 8.42. The second-order valence-corrected chi connectivity index (χ2v) is 6.91. The summed E-state index contributed by atoms with van der Waals surface area (Å²) in [5, 5.41) is 11.0. The van der Waals surface area contributed by atoms with Gasteiger partial charge in [0.15, 0.2) is 17.3 Å². The number of hydrogen-bond acceptors (Lipinski definition) is 5. The standard InChI is InChI=1S/C20H22F2N4O3/c1-11-7-13(3)26(24-11)9-12(2)23-20(27)19-16(14(4)29-25-19)10-28-18-6-5-15(21)8-17(18)22/h5-8,12H,9-10H2,1-4H3,(H,23,27). The van der Waals surface area contributed by atoms with Gasteiger partial charge in [0.1, 0.15) is 18.2 Å². The molecule has 3 rings (SSSR count). The molecule has 0 saturated carbocycles. The lowest BCUT2D eigenvalue weighted by atomic mass is 10.2. The Balaban J connectivity index is 1.67. The molecule has 0 aliphatic rings. The first-order chi connectivity index (χ1) is 13.7. The summed E-state index contributed by atoms with van der Waals surface area (Å²) in [5.74, 6) is -1.72. The van der Waals surface area contributed by atoms with Crippen molar-refractivity contribution in [3.63, 3.8) is 0 Å². The number of aromatic nitrogens is 3. The highest BCUT2D eigenvalue weighted by atomic mass is 19.1. The number of halogens is 2. The number of nitrogens with one attached hydrogen (secondary N) is 1. The van der Waals surface area contributed by atoms with Crippen molar-refractivity contribution in [2.75, 3.05) is 0 Å². The van der Waals surface area contributed by atoms with Gasteiger partial charge in [-0.05, 0) is 45.9 Å². The van der Waals surface area contributed by atoms with Crippen molar-refractivity contribution in [2.45, 2.75) is 46.9 Å². The van der Waals surface area contributed by atoms with E-state index in [9.17, 15) is 13.6 Å². The van der Waals surface area contributed by atoms with Gasteiger partial charge in [-0.15, -0.1) is 0 Å². The van der Waals surface area contributed by atoms with Gasteiger partial charge in [-0.2, -0.15) is 5.10 Å². The molecule has 3 aromatic rings. The number of amides is 1. The molecule has 1 aromatic carbocycles. The Hall–Kier alpha value is -3.23. The van der Waals surface area contributed by atoms with Crippen molar-refractivity contribution < 1.29 is 22.8 Å². The van der Waals surface area contributed by atoms with Crippen LogP contribution in [0.5, 0.6) is 5.75 Å². The minimum Gasteiger partial charge on any atom is -0.486 e. The average Bonchev–Trinajstić information content (AvgIpc) is 3.15. The van der Waals surface area contributed by atoms with Gasteiger partial charge in [0.05, 0.1) is 17.8 Å². The fourth-order valence-corrected chi connectivity index (χ4v) is 2.94. The Kier molecular flexibility index (Phi) is 5.95. The van der Waals surface area contributed by atoms with Crippen molar-refractivity contribution in [1.29, 1.82) is 0 Å². The minimum atomic E-state index is -0.830. The van der Waals surface area contributed by atoms with Crippen molar-refractivity contribution >= 4 is 5.91 Å². The summed E-state index contributed by atoms with van der Waals surface area (Å²) in [5.41, 5.74) is 2.35. The first-order valence-electron chi connectivity index (χ1n) is 9.09. The SMILES string of the molecule is Cc1cc(C)n(CC(C)NC(=O)c2noc(C)c2COc2ccc(F)cc2F)n1. The third-order valence-corrected chi connectivity index (χ3v) is 4.39. The molecule has 0 spiro atoms. The van der Waals surface area contributed by atoms with E-state index in [-0.39, 0.29) is 24.1 Å². The van der Waals surface area contributed by atoms with Gasteiger partial charge in [0, 0.05) is 17.8 Å². The topological polar surface area (TPSA) is 82.2 Å². The summed E-state index contributed by atoms with van der Waals surface area (Å²) in [4.78, 5) is 12.7. The Morgan fingerprint density at radius 3 is 2.69 bits per heavy atom. The molecule has 0 aliphatic heterocycles. The Morgan fingerprint density at radius 1 is 1.28 bits per heavy atom. The van der Waals surface area contributed by atoms with Gasteiger partial charge in [-0.3, -0.25) is 9.48 Å². The zero-order valence-electron chi connectivity index (χ0n) is 16.6. The molecule has 7 nitrogen and oxygen atoms in total. The van der Waals surface area contributed by atoms with Crippen LogP contribution in [0.2, 0.25) is 0 Å². The van der Waals surface area contributed by atoms with Crippen LogP contribution in [-0.4, -0.2) is 26.9 Å². The van der Waals surface area contributed by atoms with Crippen molar-refractivity contribution in [2.24, 2.45) is 0 Å².